The van der Waals surface area contributed by atoms with E-state index < -0.39 is 24.1 Å². The largest absolute Gasteiger partial charge is 0.506 e. The predicted octanol–water partition coefficient (Wildman–Crippen LogP) is 6.50. The van der Waals surface area contributed by atoms with Crippen molar-refractivity contribution >= 4 is 17.6 Å². The van der Waals surface area contributed by atoms with Gasteiger partial charge in [-0.15, -0.1) is 0 Å². The molecule has 2 atom stereocenters. The molecule has 212 valence electrons. The van der Waals surface area contributed by atoms with Crippen LogP contribution in [0, 0.1) is 5.82 Å². The maximum Gasteiger partial charge on any atom is 0.308 e. The smallest absolute Gasteiger partial charge is 0.308 e. The average Bonchev–Trinajstić information content (AvgIpc) is 3.29. The number of ether oxygens (including phenoxy) is 1. The number of carbonyl (C=O) groups is 2. The van der Waals surface area contributed by atoms with Gasteiger partial charge in [0.1, 0.15) is 17.7 Å². The number of esters is 1. The number of hydrogen-bond donors (Lipinski definition) is 3. The second-order valence-electron chi connectivity index (χ2n) is 10.6. The number of carbonyl (C=O) groups excluding carboxylic acids is 2. The molecule has 1 amide bonds. The number of phenolic OH excluding ortho intramolecular Hbond substituents is 1. The van der Waals surface area contributed by atoms with Gasteiger partial charge in [-0.25, -0.2) is 4.39 Å². The van der Waals surface area contributed by atoms with E-state index in [4.69, 9.17) is 4.74 Å². The summed E-state index contributed by atoms with van der Waals surface area (Å²) in [7, 11) is 0. The SMILES string of the molecule is CC(C)c1c(C(=O)Nc2ccccc2O)c(-c2ccccc2)c(-c2ccc(F)cc2)n1CC[C@H]1C[C@H](O)CC(=O)O1. The summed E-state index contributed by atoms with van der Waals surface area (Å²) in [6.07, 6.45) is -0.505. The van der Waals surface area contributed by atoms with Crippen LogP contribution in [0.1, 0.15) is 55.1 Å². The maximum atomic E-state index is 14.1. The molecule has 0 saturated carbocycles. The minimum absolute atomic E-state index is 0.0209. The van der Waals surface area contributed by atoms with Gasteiger partial charge in [0.2, 0.25) is 0 Å². The molecule has 1 saturated heterocycles. The van der Waals surface area contributed by atoms with Gasteiger partial charge in [-0.05, 0) is 53.4 Å². The van der Waals surface area contributed by atoms with Gasteiger partial charge in [0.05, 0.1) is 29.5 Å². The Bertz CT molecular complexity index is 1550. The summed E-state index contributed by atoms with van der Waals surface area (Å²) >= 11 is 0. The fourth-order valence-electron chi connectivity index (χ4n) is 5.57. The van der Waals surface area contributed by atoms with Gasteiger partial charge in [0, 0.05) is 30.6 Å². The van der Waals surface area contributed by atoms with Crippen LogP contribution in [0.4, 0.5) is 10.1 Å². The summed E-state index contributed by atoms with van der Waals surface area (Å²) in [5.74, 6) is -1.37. The zero-order valence-corrected chi connectivity index (χ0v) is 23.0. The van der Waals surface area contributed by atoms with Crippen molar-refractivity contribution in [3.05, 3.63) is 95.9 Å². The van der Waals surface area contributed by atoms with Gasteiger partial charge in [0.25, 0.3) is 5.91 Å². The number of aliphatic hydroxyl groups excluding tert-OH is 1. The zero-order chi connectivity index (χ0) is 29.1. The van der Waals surface area contributed by atoms with E-state index >= 15 is 0 Å². The molecule has 1 aliphatic heterocycles. The van der Waals surface area contributed by atoms with Crippen LogP contribution in [0.15, 0.2) is 78.9 Å². The van der Waals surface area contributed by atoms with Gasteiger partial charge in [-0.2, -0.15) is 0 Å². The number of benzene rings is 3. The first-order chi connectivity index (χ1) is 19.7. The molecule has 3 N–H and O–H groups in total. The van der Waals surface area contributed by atoms with Gasteiger partial charge in [-0.3, -0.25) is 9.59 Å². The molecule has 1 aromatic heterocycles. The monoisotopic (exact) mass is 556 g/mol. The molecule has 2 heterocycles. The number of aromatic hydroxyl groups is 1. The van der Waals surface area contributed by atoms with Crippen molar-refractivity contribution in [1.82, 2.24) is 4.57 Å². The second kappa shape index (κ2) is 12.0. The molecule has 4 aromatic rings. The third-order valence-electron chi connectivity index (χ3n) is 7.32. The molecule has 0 bridgehead atoms. The quantitative estimate of drug-likeness (QED) is 0.170. The van der Waals surface area contributed by atoms with E-state index in [0.29, 0.717) is 30.5 Å². The predicted molar refractivity (Wildman–Crippen MR) is 155 cm³/mol. The Labute approximate surface area is 238 Å². The van der Waals surface area contributed by atoms with Crippen molar-refractivity contribution in [2.75, 3.05) is 5.32 Å². The first kappa shape index (κ1) is 28.1. The lowest BCUT2D eigenvalue weighted by Gasteiger charge is -2.27. The number of nitrogens with one attached hydrogen (secondary N) is 1. The topological polar surface area (TPSA) is 101 Å². The Morgan fingerprint density at radius 2 is 1.71 bits per heavy atom. The number of anilines is 1. The van der Waals surface area contributed by atoms with E-state index in [9.17, 15) is 24.2 Å². The number of aromatic nitrogens is 1. The van der Waals surface area contributed by atoms with Gasteiger partial charge in [-0.1, -0.05) is 56.3 Å². The average molecular weight is 557 g/mol. The van der Waals surface area contributed by atoms with Crippen molar-refractivity contribution < 1.29 is 28.9 Å². The molecular weight excluding hydrogens is 523 g/mol. The molecule has 7 nitrogen and oxygen atoms in total. The van der Waals surface area contributed by atoms with E-state index in [0.717, 1.165) is 22.5 Å². The van der Waals surface area contributed by atoms with E-state index in [1.54, 1.807) is 30.3 Å². The highest BCUT2D eigenvalue weighted by atomic mass is 19.1. The number of halogens is 1. The number of amides is 1. The molecule has 0 unspecified atom stereocenters. The third-order valence-corrected chi connectivity index (χ3v) is 7.32. The summed E-state index contributed by atoms with van der Waals surface area (Å²) in [5, 5.41) is 23.4. The zero-order valence-electron chi connectivity index (χ0n) is 23.0. The lowest BCUT2D eigenvalue weighted by Crippen LogP contribution is -2.33. The van der Waals surface area contributed by atoms with Gasteiger partial charge in [0.15, 0.2) is 0 Å². The van der Waals surface area contributed by atoms with Crippen LogP contribution in [0.5, 0.6) is 5.75 Å². The number of cyclic esters (lactones) is 1. The molecule has 0 spiro atoms. The van der Waals surface area contributed by atoms with Crippen LogP contribution < -0.4 is 5.32 Å². The first-order valence-electron chi connectivity index (χ1n) is 13.8. The Kier molecular flexibility index (Phi) is 8.21. The second-order valence-corrected chi connectivity index (χ2v) is 10.6. The molecular formula is C33H33FN2O5. The number of para-hydroxylation sites is 2. The molecule has 0 aliphatic carbocycles. The Hall–Kier alpha value is -4.43. The summed E-state index contributed by atoms with van der Waals surface area (Å²) in [5.41, 5.74) is 4.39. The number of aliphatic hydroxyl groups is 1. The van der Waals surface area contributed by atoms with E-state index in [-0.39, 0.29) is 29.6 Å². The fraction of sp³-hybridized carbons (Fsp3) is 0.273. The molecule has 0 radical (unpaired) electrons. The number of rotatable bonds is 8. The number of phenols is 1. The van der Waals surface area contributed by atoms with Crippen molar-refractivity contribution in [3.8, 4) is 28.1 Å². The first-order valence-corrected chi connectivity index (χ1v) is 13.8. The third kappa shape index (κ3) is 6.02. The van der Waals surface area contributed by atoms with Crippen LogP contribution >= 0.6 is 0 Å². The van der Waals surface area contributed by atoms with E-state index in [2.05, 4.69) is 9.88 Å². The van der Waals surface area contributed by atoms with E-state index in [1.807, 2.05) is 44.2 Å². The molecule has 5 rings (SSSR count). The Morgan fingerprint density at radius 1 is 1.02 bits per heavy atom. The highest BCUT2D eigenvalue weighted by Crippen LogP contribution is 2.43. The minimum Gasteiger partial charge on any atom is -0.506 e. The molecule has 1 fully saturated rings. The van der Waals surface area contributed by atoms with Gasteiger partial charge < -0.3 is 24.8 Å². The minimum atomic E-state index is -0.758. The molecule has 1 aliphatic rings. The summed E-state index contributed by atoms with van der Waals surface area (Å²) in [6.45, 7) is 4.38. The number of nitrogens with zero attached hydrogens (tertiary/aromatic N) is 1. The molecule has 41 heavy (non-hydrogen) atoms. The van der Waals surface area contributed by atoms with Crippen LogP contribution in [-0.2, 0) is 16.1 Å². The summed E-state index contributed by atoms with van der Waals surface area (Å²) in [4.78, 5) is 26.2. The van der Waals surface area contributed by atoms with Crippen molar-refractivity contribution in [3.63, 3.8) is 0 Å². The fourth-order valence-corrected chi connectivity index (χ4v) is 5.57. The van der Waals surface area contributed by atoms with Gasteiger partial charge >= 0.3 is 5.97 Å². The standard InChI is InChI=1S/C33H33FN2O5/c1-20(2)31-30(33(40)35-26-10-6-7-11-27(26)38)29(21-8-4-3-5-9-21)32(22-12-14-23(34)15-13-22)36(31)17-16-25-18-24(37)19-28(39)41-25/h3-15,20,24-25,37-38H,16-19H2,1-2H3,(H,35,40)/t24-,25-/m0/s1. The number of hydrogen-bond acceptors (Lipinski definition) is 5. The van der Waals surface area contributed by atoms with Crippen LogP contribution in [0.25, 0.3) is 22.4 Å². The Balaban J connectivity index is 1.72. The lowest BCUT2D eigenvalue weighted by molar-refractivity contribution is -0.160. The highest BCUT2D eigenvalue weighted by molar-refractivity contribution is 6.13. The lowest BCUT2D eigenvalue weighted by atomic mass is 9.94. The van der Waals surface area contributed by atoms with Crippen molar-refractivity contribution in [2.24, 2.45) is 0 Å². The van der Waals surface area contributed by atoms with E-state index in [1.165, 1.54) is 18.2 Å². The molecule has 3 aromatic carbocycles. The van der Waals surface area contributed by atoms with Crippen LogP contribution in [0.2, 0.25) is 0 Å². The highest BCUT2D eigenvalue weighted by Gasteiger charge is 2.32. The van der Waals surface area contributed by atoms with Crippen molar-refractivity contribution in [1.29, 1.82) is 0 Å². The van der Waals surface area contributed by atoms with Crippen LogP contribution in [-0.4, -0.2) is 38.9 Å². The summed E-state index contributed by atoms with van der Waals surface area (Å²) in [6, 6.07) is 22.2. The molecule has 8 heteroatoms. The Morgan fingerprint density at radius 3 is 2.37 bits per heavy atom. The normalized spacial score (nSPS) is 17.0. The summed E-state index contributed by atoms with van der Waals surface area (Å²) < 4.78 is 21.6. The maximum absolute atomic E-state index is 14.1. The van der Waals surface area contributed by atoms with Crippen LogP contribution in [0.3, 0.4) is 0 Å². The van der Waals surface area contributed by atoms with Crippen molar-refractivity contribution in [2.45, 2.75) is 57.8 Å².